The fourth-order valence-electron chi connectivity index (χ4n) is 2.58. The zero-order valence-corrected chi connectivity index (χ0v) is 13.4. The van der Waals surface area contributed by atoms with Crippen LogP contribution in [-0.4, -0.2) is 31.7 Å². The molecule has 2 N–H and O–H groups in total. The van der Waals surface area contributed by atoms with Gasteiger partial charge in [-0.25, -0.2) is 5.43 Å². The van der Waals surface area contributed by atoms with Crippen LogP contribution in [-0.2, 0) is 9.59 Å². The van der Waals surface area contributed by atoms with Gasteiger partial charge < -0.3 is 10.1 Å². The molecule has 1 saturated carbocycles. The highest BCUT2D eigenvalue weighted by atomic mass is 16.5. The summed E-state index contributed by atoms with van der Waals surface area (Å²) >= 11 is 0. The average molecular weight is 317 g/mol. The van der Waals surface area contributed by atoms with Gasteiger partial charge in [0.2, 0.25) is 5.91 Å². The van der Waals surface area contributed by atoms with Gasteiger partial charge in [0.05, 0.1) is 19.9 Å². The minimum atomic E-state index is -0.334. The van der Waals surface area contributed by atoms with Gasteiger partial charge >= 0.3 is 0 Å². The number of rotatable bonds is 6. The first-order valence-electron chi connectivity index (χ1n) is 7.92. The molecule has 124 valence electrons. The van der Waals surface area contributed by atoms with E-state index in [1.54, 1.807) is 13.3 Å². The standard InChI is InChI=1S/C17H23N3O3/c1-23-15-9-7-13(8-10-15)11-19-20-16(21)12-18-17(22)14-5-3-2-4-6-14/h7-11,14H,2-6,12H2,1H3,(H,18,22)(H,20,21)/b19-11+. The van der Waals surface area contributed by atoms with E-state index in [4.69, 9.17) is 4.74 Å². The molecular weight excluding hydrogens is 294 g/mol. The van der Waals surface area contributed by atoms with E-state index in [2.05, 4.69) is 15.8 Å². The fourth-order valence-corrected chi connectivity index (χ4v) is 2.58. The van der Waals surface area contributed by atoms with Crippen molar-refractivity contribution in [3.63, 3.8) is 0 Å². The molecule has 1 aliphatic rings. The molecule has 0 radical (unpaired) electrons. The first-order valence-corrected chi connectivity index (χ1v) is 7.92. The lowest BCUT2D eigenvalue weighted by atomic mass is 9.89. The highest BCUT2D eigenvalue weighted by molar-refractivity contribution is 5.87. The number of benzene rings is 1. The minimum absolute atomic E-state index is 0.0287. The molecule has 2 rings (SSSR count). The molecule has 1 fully saturated rings. The van der Waals surface area contributed by atoms with Crippen LogP contribution in [0.3, 0.4) is 0 Å². The van der Waals surface area contributed by atoms with Crippen molar-refractivity contribution in [2.45, 2.75) is 32.1 Å². The topological polar surface area (TPSA) is 79.8 Å². The molecule has 2 amide bonds. The van der Waals surface area contributed by atoms with Crippen molar-refractivity contribution in [3.8, 4) is 5.75 Å². The van der Waals surface area contributed by atoms with E-state index in [1.165, 1.54) is 6.42 Å². The van der Waals surface area contributed by atoms with Crippen molar-refractivity contribution < 1.29 is 14.3 Å². The number of methoxy groups -OCH3 is 1. The Morgan fingerprint density at radius 1 is 1.22 bits per heavy atom. The Labute approximate surface area is 136 Å². The Balaban J connectivity index is 1.69. The van der Waals surface area contributed by atoms with Crippen LogP contribution in [0.15, 0.2) is 29.4 Å². The molecule has 6 heteroatoms. The van der Waals surface area contributed by atoms with Crippen molar-refractivity contribution in [2.75, 3.05) is 13.7 Å². The van der Waals surface area contributed by atoms with Crippen LogP contribution in [0.25, 0.3) is 0 Å². The zero-order chi connectivity index (χ0) is 16.5. The number of hydrogen-bond donors (Lipinski definition) is 2. The highest BCUT2D eigenvalue weighted by Crippen LogP contribution is 2.23. The van der Waals surface area contributed by atoms with E-state index in [0.29, 0.717) is 0 Å². The van der Waals surface area contributed by atoms with Gasteiger partial charge in [0.25, 0.3) is 5.91 Å². The summed E-state index contributed by atoms with van der Waals surface area (Å²) < 4.78 is 5.06. The minimum Gasteiger partial charge on any atom is -0.497 e. The van der Waals surface area contributed by atoms with E-state index in [1.807, 2.05) is 24.3 Å². The van der Waals surface area contributed by atoms with Crippen LogP contribution in [0.4, 0.5) is 0 Å². The van der Waals surface area contributed by atoms with Crippen molar-refractivity contribution in [1.29, 1.82) is 0 Å². The van der Waals surface area contributed by atoms with Crippen molar-refractivity contribution in [1.82, 2.24) is 10.7 Å². The largest absolute Gasteiger partial charge is 0.497 e. The molecular formula is C17H23N3O3. The summed E-state index contributed by atoms with van der Waals surface area (Å²) in [5, 5.41) is 6.55. The smallest absolute Gasteiger partial charge is 0.259 e. The molecule has 0 saturated heterocycles. The predicted molar refractivity (Wildman–Crippen MR) is 88.3 cm³/mol. The number of amides is 2. The van der Waals surface area contributed by atoms with Crippen molar-refractivity contribution in [2.24, 2.45) is 11.0 Å². The Morgan fingerprint density at radius 3 is 2.57 bits per heavy atom. The first kappa shape index (κ1) is 17.0. The number of hydrazone groups is 1. The van der Waals surface area contributed by atoms with Gasteiger partial charge in [0.15, 0.2) is 0 Å². The maximum absolute atomic E-state index is 11.9. The summed E-state index contributed by atoms with van der Waals surface area (Å²) in [6.45, 7) is -0.0463. The normalized spacial score (nSPS) is 15.3. The van der Waals surface area contributed by atoms with Crippen LogP contribution in [0.2, 0.25) is 0 Å². The Bertz CT molecular complexity index is 549. The molecule has 1 aromatic rings. The highest BCUT2D eigenvalue weighted by Gasteiger charge is 2.21. The summed E-state index contributed by atoms with van der Waals surface area (Å²) in [5.74, 6) is 0.453. The molecule has 6 nitrogen and oxygen atoms in total. The summed E-state index contributed by atoms with van der Waals surface area (Å²) in [4.78, 5) is 23.6. The van der Waals surface area contributed by atoms with E-state index >= 15 is 0 Å². The van der Waals surface area contributed by atoms with Crippen LogP contribution in [0.1, 0.15) is 37.7 Å². The van der Waals surface area contributed by atoms with E-state index in [-0.39, 0.29) is 24.3 Å². The van der Waals surface area contributed by atoms with Crippen LogP contribution in [0, 0.1) is 5.92 Å². The molecule has 0 unspecified atom stereocenters. The first-order chi connectivity index (χ1) is 11.2. The van der Waals surface area contributed by atoms with E-state index in [0.717, 1.165) is 37.0 Å². The number of hydrogen-bond acceptors (Lipinski definition) is 4. The molecule has 0 heterocycles. The monoisotopic (exact) mass is 317 g/mol. The number of carbonyl (C=O) groups excluding carboxylic acids is 2. The third-order valence-electron chi connectivity index (χ3n) is 3.92. The maximum Gasteiger partial charge on any atom is 0.259 e. The Hall–Kier alpha value is -2.37. The number of nitrogens with one attached hydrogen (secondary N) is 2. The number of carbonyl (C=O) groups is 2. The molecule has 0 spiro atoms. The molecule has 23 heavy (non-hydrogen) atoms. The van der Waals surface area contributed by atoms with Gasteiger partial charge in [-0.2, -0.15) is 5.10 Å². The van der Waals surface area contributed by atoms with E-state index < -0.39 is 0 Å². The summed E-state index contributed by atoms with van der Waals surface area (Å²) in [6.07, 6.45) is 6.77. The van der Waals surface area contributed by atoms with Gasteiger partial charge in [0, 0.05) is 5.92 Å². The SMILES string of the molecule is COc1ccc(/C=N/NC(=O)CNC(=O)C2CCCCC2)cc1. The summed E-state index contributed by atoms with van der Waals surface area (Å²) in [7, 11) is 1.60. The van der Waals surface area contributed by atoms with Crippen molar-refractivity contribution >= 4 is 18.0 Å². The second-order valence-electron chi connectivity index (χ2n) is 5.62. The third kappa shape index (κ3) is 5.73. The second-order valence-corrected chi connectivity index (χ2v) is 5.62. The van der Waals surface area contributed by atoms with Crippen LogP contribution < -0.4 is 15.5 Å². The lowest BCUT2D eigenvalue weighted by molar-refractivity contribution is -0.129. The maximum atomic E-state index is 11.9. The lowest BCUT2D eigenvalue weighted by Crippen LogP contribution is -2.38. The van der Waals surface area contributed by atoms with Crippen LogP contribution >= 0.6 is 0 Å². The summed E-state index contributed by atoms with van der Waals surface area (Å²) in [5.41, 5.74) is 3.25. The fraction of sp³-hybridized carbons (Fsp3) is 0.471. The molecule has 0 aliphatic heterocycles. The molecule has 1 aliphatic carbocycles. The molecule has 0 bridgehead atoms. The number of ether oxygens (including phenoxy) is 1. The molecule has 1 aromatic carbocycles. The Kier molecular flexibility index (Phi) is 6.59. The molecule has 0 aromatic heterocycles. The van der Waals surface area contributed by atoms with E-state index in [9.17, 15) is 9.59 Å². The van der Waals surface area contributed by atoms with Crippen molar-refractivity contribution in [3.05, 3.63) is 29.8 Å². The van der Waals surface area contributed by atoms with Gasteiger partial charge in [-0.05, 0) is 42.7 Å². The molecule has 0 atom stereocenters. The lowest BCUT2D eigenvalue weighted by Gasteiger charge is -2.20. The third-order valence-corrected chi connectivity index (χ3v) is 3.92. The Morgan fingerprint density at radius 2 is 1.91 bits per heavy atom. The number of nitrogens with zero attached hydrogens (tertiary/aromatic N) is 1. The van der Waals surface area contributed by atoms with Crippen LogP contribution in [0.5, 0.6) is 5.75 Å². The average Bonchev–Trinajstić information content (AvgIpc) is 2.61. The zero-order valence-electron chi connectivity index (χ0n) is 13.4. The second kappa shape index (κ2) is 8.92. The van der Waals surface area contributed by atoms with Gasteiger partial charge in [-0.1, -0.05) is 19.3 Å². The van der Waals surface area contributed by atoms with Gasteiger partial charge in [0.1, 0.15) is 5.75 Å². The van der Waals surface area contributed by atoms with Gasteiger partial charge in [-0.15, -0.1) is 0 Å². The predicted octanol–water partition coefficient (Wildman–Crippen LogP) is 1.84. The quantitative estimate of drug-likeness (QED) is 0.620. The summed E-state index contributed by atoms with van der Waals surface area (Å²) in [6, 6.07) is 7.29. The van der Waals surface area contributed by atoms with Gasteiger partial charge in [-0.3, -0.25) is 9.59 Å².